The SMILES string of the molecule is Cc1ccc(NC(=O)CSc2nccc(N3CCCCC3)n2)cc1F. The third-order valence-corrected chi connectivity index (χ3v) is 4.95. The van der Waals surface area contributed by atoms with Crippen LogP contribution in [0.2, 0.25) is 0 Å². The number of thioether (sulfide) groups is 1. The van der Waals surface area contributed by atoms with E-state index in [1.165, 1.54) is 37.1 Å². The summed E-state index contributed by atoms with van der Waals surface area (Å²) in [5, 5.41) is 3.27. The van der Waals surface area contributed by atoms with Crippen molar-refractivity contribution in [3.8, 4) is 0 Å². The van der Waals surface area contributed by atoms with Gasteiger partial charge in [0.2, 0.25) is 5.91 Å². The number of piperidine rings is 1. The van der Waals surface area contributed by atoms with E-state index < -0.39 is 0 Å². The first-order valence-corrected chi connectivity index (χ1v) is 9.37. The molecule has 1 N–H and O–H groups in total. The molecular weight excluding hydrogens is 339 g/mol. The second-order valence-corrected chi connectivity index (χ2v) is 6.99. The lowest BCUT2D eigenvalue weighted by molar-refractivity contribution is -0.113. The molecule has 0 bridgehead atoms. The molecule has 1 saturated heterocycles. The van der Waals surface area contributed by atoms with Gasteiger partial charge < -0.3 is 10.2 Å². The minimum absolute atomic E-state index is 0.180. The monoisotopic (exact) mass is 360 g/mol. The molecule has 7 heteroatoms. The Morgan fingerprint density at radius 3 is 2.84 bits per heavy atom. The van der Waals surface area contributed by atoms with Crippen molar-refractivity contribution < 1.29 is 9.18 Å². The Morgan fingerprint density at radius 2 is 2.08 bits per heavy atom. The number of nitrogens with one attached hydrogen (secondary N) is 1. The van der Waals surface area contributed by atoms with Crippen LogP contribution in [0.5, 0.6) is 0 Å². The molecule has 1 aromatic carbocycles. The van der Waals surface area contributed by atoms with E-state index in [-0.39, 0.29) is 17.5 Å². The van der Waals surface area contributed by atoms with E-state index in [2.05, 4.69) is 20.2 Å². The average Bonchev–Trinajstić information content (AvgIpc) is 2.64. The first-order valence-electron chi connectivity index (χ1n) is 8.38. The molecule has 0 unspecified atom stereocenters. The number of benzene rings is 1. The number of carbonyl (C=O) groups excluding carboxylic acids is 1. The van der Waals surface area contributed by atoms with E-state index in [0.717, 1.165) is 18.9 Å². The summed E-state index contributed by atoms with van der Waals surface area (Å²) in [5.41, 5.74) is 1.01. The Bertz CT molecular complexity index is 750. The summed E-state index contributed by atoms with van der Waals surface area (Å²) in [6.07, 6.45) is 5.36. The van der Waals surface area contributed by atoms with Crippen LogP contribution in [0.4, 0.5) is 15.9 Å². The predicted molar refractivity (Wildman–Crippen MR) is 98.6 cm³/mol. The Kier molecular flexibility index (Phi) is 5.86. The van der Waals surface area contributed by atoms with Gasteiger partial charge in [0.05, 0.1) is 5.75 Å². The highest BCUT2D eigenvalue weighted by atomic mass is 32.2. The zero-order valence-corrected chi connectivity index (χ0v) is 15.0. The maximum Gasteiger partial charge on any atom is 0.234 e. The molecule has 1 fully saturated rings. The smallest absolute Gasteiger partial charge is 0.234 e. The molecule has 1 aliphatic heterocycles. The van der Waals surface area contributed by atoms with Crippen molar-refractivity contribution in [2.45, 2.75) is 31.3 Å². The highest BCUT2D eigenvalue weighted by molar-refractivity contribution is 7.99. The highest BCUT2D eigenvalue weighted by Gasteiger charge is 2.13. The summed E-state index contributed by atoms with van der Waals surface area (Å²) < 4.78 is 13.5. The minimum Gasteiger partial charge on any atom is -0.356 e. The Labute approximate surface area is 151 Å². The fourth-order valence-corrected chi connectivity index (χ4v) is 3.32. The van der Waals surface area contributed by atoms with Crippen LogP contribution in [0, 0.1) is 12.7 Å². The first kappa shape index (κ1) is 17.7. The number of amides is 1. The lowest BCUT2D eigenvalue weighted by atomic mass is 10.1. The quantitative estimate of drug-likeness (QED) is 0.652. The van der Waals surface area contributed by atoms with Crippen LogP contribution in [0.25, 0.3) is 0 Å². The van der Waals surface area contributed by atoms with E-state index in [1.807, 2.05) is 6.07 Å². The van der Waals surface area contributed by atoms with E-state index >= 15 is 0 Å². The summed E-state index contributed by atoms with van der Waals surface area (Å²) in [6.45, 7) is 3.71. The molecule has 25 heavy (non-hydrogen) atoms. The lowest BCUT2D eigenvalue weighted by Gasteiger charge is -2.27. The fourth-order valence-electron chi connectivity index (χ4n) is 2.70. The van der Waals surface area contributed by atoms with Gasteiger partial charge in [0.1, 0.15) is 11.6 Å². The number of halogens is 1. The van der Waals surface area contributed by atoms with Crippen LogP contribution in [0.1, 0.15) is 24.8 Å². The Hall–Kier alpha value is -2.15. The van der Waals surface area contributed by atoms with Crippen molar-refractivity contribution in [3.63, 3.8) is 0 Å². The van der Waals surface area contributed by atoms with Crippen molar-refractivity contribution >= 4 is 29.2 Å². The largest absolute Gasteiger partial charge is 0.356 e. The number of anilines is 2. The molecule has 2 heterocycles. The van der Waals surface area contributed by atoms with Crippen LogP contribution in [0.15, 0.2) is 35.6 Å². The molecule has 0 aliphatic carbocycles. The third-order valence-electron chi connectivity index (χ3n) is 4.09. The maximum absolute atomic E-state index is 13.5. The Balaban J connectivity index is 1.55. The summed E-state index contributed by atoms with van der Waals surface area (Å²) in [6, 6.07) is 6.56. The highest BCUT2D eigenvalue weighted by Crippen LogP contribution is 2.21. The molecule has 0 atom stereocenters. The van der Waals surface area contributed by atoms with Crippen molar-refractivity contribution in [1.29, 1.82) is 0 Å². The molecule has 2 aromatic rings. The van der Waals surface area contributed by atoms with Gasteiger partial charge in [-0.25, -0.2) is 14.4 Å². The van der Waals surface area contributed by atoms with Gasteiger partial charge in [0, 0.05) is 25.0 Å². The van der Waals surface area contributed by atoms with Crippen LogP contribution in [0.3, 0.4) is 0 Å². The Morgan fingerprint density at radius 1 is 1.28 bits per heavy atom. The van der Waals surface area contributed by atoms with E-state index in [4.69, 9.17) is 0 Å². The lowest BCUT2D eigenvalue weighted by Crippen LogP contribution is -2.30. The van der Waals surface area contributed by atoms with Crippen LogP contribution in [-0.4, -0.2) is 34.7 Å². The van der Waals surface area contributed by atoms with Crippen LogP contribution in [-0.2, 0) is 4.79 Å². The molecule has 5 nitrogen and oxygen atoms in total. The summed E-state index contributed by atoms with van der Waals surface area (Å²) in [5.74, 6) is 0.556. The van der Waals surface area contributed by atoms with Crippen molar-refractivity contribution in [2.24, 2.45) is 0 Å². The van der Waals surface area contributed by atoms with Crippen molar-refractivity contribution in [3.05, 3.63) is 41.8 Å². The van der Waals surface area contributed by atoms with Gasteiger partial charge in [-0.1, -0.05) is 17.8 Å². The second-order valence-electron chi connectivity index (χ2n) is 6.05. The summed E-state index contributed by atoms with van der Waals surface area (Å²) >= 11 is 1.28. The van der Waals surface area contributed by atoms with Gasteiger partial charge in [-0.2, -0.15) is 0 Å². The molecule has 0 spiro atoms. The average molecular weight is 360 g/mol. The van der Waals surface area contributed by atoms with Gasteiger partial charge in [-0.05, 0) is 49.9 Å². The zero-order chi connectivity index (χ0) is 17.6. The summed E-state index contributed by atoms with van der Waals surface area (Å²) in [7, 11) is 0. The molecule has 0 radical (unpaired) electrons. The number of aryl methyl sites for hydroxylation is 1. The van der Waals surface area contributed by atoms with Gasteiger partial charge in [0.25, 0.3) is 0 Å². The predicted octanol–water partition coefficient (Wildman–Crippen LogP) is 3.65. The van der Waals surface area contributed by atoms with E-state index in [9.17, 15) is 9.18 Å². The van der Waals surface area contributed by atoms with Gasteiger partial charge in [-0.15, -0.1) is 0 Å². The third kappa shape index (κ3) is 4.92. The van der Waals surface area contributed by atoms with Crippen molar-refractivity contribution in [1.82, 2.24) is 9.97 Å². The molecule has 0 saturated carbocycles. The van der Waals surface area contributed by atoms with Crippen LogP contribution >= 0.6 is 11.8 Å². The minimum atomic E-state index is -0.331. The van der Waals surface area contributed by atoms with Crippen LogP contribution < -0.4 is 10.2 Å². The molecule has 1 amide bonds. The second kappa shape index (κ2) is 8.29. The van der Waals surface area contributed by atoms with Gasteiger partial charge >= 0.3 is 0 Å². The molecule has 1 aromatic heterocycles. The molecule has 1 aliphatic rings. The number of hydrogen-bond acceptors (Lipinski definition) is 5. The summed E-state index contributed by atoms with van der Waals surface area (Å²) in [4.78, 5) is 23.1. The molecule has 132 valence electrons. The van der Waals surface area contributed by atoms with Gasteiger partial charge in [-0.3, -0.25) is 4.79 Å². The topological polar surface area (TPSA) is 58.1 Å². The maximum atomic E-state index is 13.5. The number of nitrogens with zero attached hydrogens (tertiary/aromatic N) is 3. The molecule has 3 rings (SSSR count). The van der Waals surface area contributed by atoms with E-state index in [1.54, 1.807) is 25.3 Å². The first-order chi connectivity index (χ1) is 12.1. The van der Waals surface area contributed by atoms with Gasteiger partial charge in [0.15, 0.2) is 5.16 Å². The normalized spacial score (nSPS) is 14.4. The standard InChI is InChI=1S/C18H21FN4OS/c1-13-5-6-14(11-15(13)19)21-17(24)12-25-18-20-8-7-16(22-18)23-9-3-2-4-10-23/h5-8,11H,2-4,9-10,12H2,1H3,(H,21,24). The number of aromatic nitrogens is 2. The van der Waals surface area contributed by atoms with E-state index in [0.29, 0.717) is 16.4 Å². The zero-order valence-electron chi connectivity index (χ0n) is 14.2. The fraction of sp³-hybridized carbons (Fsp3) is 0.389. The van der Waals surface area contributed by atoms with Crippen molar-refractivity contribution in [2.75, 3.05) is 29.1 Å². The number of carbonyl (C=O) groups is 1. The number of rotatable bonds is 5. The molecular formula is C18H21FN4OS. The number of hydrogen-bond donors (Lipinski definition) is 1.